The van der Waals surface area contributed by atoms with E-state index in [1.165, 1.54) is 6.92 Å². The summed E-state index contributed by atoms with van der Waals surface area (Å²) in [4.78, 5) is 53.3. The molecule has 186 valence electrons. The van der Waals surface area contributed by atoms with Gasteiger partial charge in [0.2, 0.25) is 5.95 Å². The van der Waals surface area contributed by atoms with Crippen molar-refractivity contribution in [3.8, 4) is 11.8 Å². The number of alkyl halides is 1. The molecular weight excluding hydrogens is 537 g/mol. The molecule has 1 aliphatic heterocycles. The summed E-state index contributed by atoms with van der Waals surface area (Å²) in [6.07, 6.45) is -5.72. The number of nitrogen functional groups attached to an aromatic ring is 1. The second kappa shape index (κ2) is 9.80. The molecular formula is C12H18ClN4O13P3. The van der Waals surface area contributed by atoms with Gasteiger partial charge >= 0.3 is 29.2 Å². The van der Waals surface area contributed by atoms with Crippen LogP contribution in [0.5, 0.6) is 0 Å². The molecule has 17 nitrogen and oxygen atoms in total. The number of hydrogen-bond acceptors (Lipinski definition) is 12. The number of aliphatic hydroxyl groups is 1. The summed E-state index contributed by atoms with van der Waals surface area (Å²) in [6, 6.07) is 0. The van der Waals surface area contributed by atoms with E-state index in [4.69, 9.17) is 31.9 Å². The average molecular weight is 555 g/mol. The molecule has 2 rings (SSSR count). The Hall–Kier alpha value is -1.21. The van der Waals surface area contributed by atoms with Crippen molar-refractivity contribution in [2.75, 3.05) is 5.73 Å². The van der Waals surface area contributed by atoms with Crippen molar-refractivity contribution in [1.82, 2.24) is 14.5 Å². The van der Waals surface area contributed by atoms with Crippen LogP contribution in [-0.4, -0.2) is 62.4 Å². The van der Waals surface area contributed by atoms with E-state index < -0.39 is 58.6 Å². The minimum absolute atomic E-state index is 0.367. The molecule has 0 aliphatic carbocycles. The molecule has 0 radical (unpaired) electrons. The fourth-order valence-corrected chi connectivity index (χ4v) is 6.33. The van der Waals surface area contributed by atoms with Crippen LogP contribution < -0.4 is 11.4 Å². The number of rotatable bonds is 8. The highest BCUT2D eigenvalue weighted by molar-refractivity contribution is 7.66. The fraction of sp³-hybridized carbons (Fsp3) is 0.583. The van der Waals surface area contributed by atoms with Gasteiger partial charge in [-0.15, -0.1) is 5.92 Å². The zero-order chi connectivity index (χ0) is 25.4. The van der Waals surface area contributed by atoms with Gasteiger partial charge in [0.1, 0.15) is 18.5 Å². The number of halogens is 1. The molecule has 1 saturated heterocycles. The van der Waals surface area contributed by atoms with E-state index in [0.29, 0.717) is 0 Å². The summed E-state index contributed by atoms with van der Waals surface area (Å²) in [6.45, 7) is 2.41. The zero-order valence-corrected chi connectivity index (χ0v) is 20.0. The molecule has 1 aliphatic rings. The summed E-state index contributed by atoms with van der Waals surface area (Å²) >= 11 is 6.42. The van der Waals surface area contributed by atoms with Crippen LogP contribution in [0.2, 0.25) is 0 Å². The van der Waals surface area contributed by atoms with Crippen LogP contribution in [0.25, 0.3) is 0 Å². The molecule has 33 heavy (non-hydrogen) atoms. The molecule has 7 N–H and O–H groups in total. The van der Waals surface area contributed by atoms with Gasteiger partial charge in [-0.2, -0.15) is 13.6 Å². The third kappa shape index (κ3) is 6.91. The van der Waals surface area contributed by atoms with Gasteiger partial charge in [-0.05, 0) is 13.8 Å². The van der Waals surface area contributed by atoms with Crippen molar-refractivity contribution in [3.63, 3.8) is 0 Å². The Bertz CT molecular complexity index is 1160. The molecule has 1 fully saturated rings. The van der Waals surface area contributed by atoms with Crippen molar-refractivity contribution in [3.05, 3.63) is 16.8 Å². The van der Waals surface area contributed by atoms with Crippen LogP contribution in [0.1, 0.15) is 20.1 Å². The van der Waals surface area contributed by atoms with E-state index in [1.807, 2.05) is 0 Å². The largest absolute Gasteiger partial charge is 0.490 e. The molecule has 1 aromatic heterocycles. The van der Waals surface area contributed by atoms with Crippen molar-refractivity contribution in [2.45, 2.75) is 43.3 Å². The van der Waals surface area contributed by atoms with Crippen molar-refractivity contribution in [2.24, 2.45) is 0 Å². The first-order valence-electron chi connectivity index (χ1n) is 8.40. The number of nitrogens with zero attached hydrogens (tertiary/aromatic N) is 3. The first-order valence-corrected chi connectivity index (χ1v) is 13.3. The molecule has 0 saturated carbocycles. The predicted molar refractivity (Wildman–Crippen MR) is 107 cm³/mol. The Balaban J connectivity index is 2.31. The normalized spacial score (nSPS) is 30.0. The second-order valence-electron chi connectivity index (χ2n) is 6.35. The smallest absolute Gasteiger partial charge is 0.387 e. The van der Waals surface area contributed by atoms with Crippen LogP contribution in [0.4, 0.5) is 5.95 Å². The van der Waals surface area contributed by atoms with E-state index in [2.05, 4.69) is 35.0 Å². The Morgan fingerprint density at radius 1 is 1.27 bits per heavy atom. The summed E-state index contributed by atoms with van der Waals surface area (Å²) in [5.41, 5.74) is 4.35. The SMILES string of the molecule is CC#CC1(Cl)[C@@H](O)[C@@H]([C@@H](C)OP(=O)(O)OP(=O)(O)OP(=O)(O)O)O[C@H]1n1cnc(N)nc1=O. The lowest BCUT2D eigenvalue weighted by atomic mass is 9.97. The number of phosphoric acid groups is 3. The van der Waals surface area contributed by atoms with E-state index >= 15 is 0 Å². The first-order chi connectivity index (χ1) is 14.9. The predicted octanol–water partition coefficient (Wildman–Crippen LogP) is -0.789. The van der Waals surface area contributed by atoms with Crippen LogP contribution in [-0.2, 0) is 31.6 Å². The van der Waals surface area contributed by atoms with Gasteiger partial charge in [0.25, 0.3) is 0 Å². The van der Waals surface area contributed by atoms with E-state index in [9.17, 15) is 33.4 Å². The molecule has 21 heteroatoms. The summed E-state index contributed by atoms with van der Waals surface area (Å²) < 4.78 is 52.4. The van der Waals surface area contributed by atoms with Crippen LogP contribution in [0.3, 0.4) is 0 Å². The van der Waals surface area contributed by atoms with Crippen molar-refractivity contribution < 1.29 is 56.3 Å². The first kappa shape index (κ1) is 28.0. The second-order valence-corrected chi connectivity index (χ2v) is 11.3. The van der Waals surface area contributed by atoms with Gasteiger partial charge in [-0.25, -0.2) is 23.5 Å². The highest BCUT2D eigenvalue weighted by atomic mass is 35.5. The average Bonchev–Trinajstić information content (AvgIpc) is 2.83. The lowest BCUT2D eigenvalue weighted by Crippen LogP contribution is -2.45. The number of ether oxygens (including phenoxy) is 1. The van der Waals surface area contributed by atoms with Gasteiger partial charge < -0.3 is 35.2 Å². The van der Waals surface area contributed by atoms with E-state index in [1.54, 1.807) is 0 Å². The molecule has 0 aromatic carbocycles. The molecule has 0 amide bonds. The summed E-state index contributed by atoms with van der Waals surface area (Å²) in [7, 11) is -16.9. The number of aromatic nitrogens is 3. The molecule has 1 aromatic rings. The van der Waals surface area contributed by atoms with Crippen molar-refractivity contribution in [1.29, 1.82) is 0 Å². The maximum Gasteiger partial charge on any atom is 0.490 e. The summed E-state index contributed by atoms with van der Waals surface area (Å²) in [5, 5.41) is 10.7. The maximum atomic E-state index is 12.2. The highest BCUT2D eigenvalue weighted by Gasteiger charge is 2.58. The lowest BCUT2D eigenvalue weighted by Gasteiger charge is -2.26. The Morgan fingerprint density at radius 3 is 2.39 bits per heavy atom. The van der Waals surface area contributed by atoms with Gasteiger partial charge in [-0.3, -0.25) is 9.09 Å². The number of hydrogen-bond donors (Lipinski definition) is 6. The molecule has 0 spiro atoms. The number of nitrogens with two attached hydrogens (primary N) is 1. The molecule has 2 heterocycles. The van der Waals surface area contributed by atoms with Gasteiger partial charge in [-0.1, -0.05) is 17.5 Å². The summed E-state index contributed by atoms with van der Waals surface area (Å²) in [5.74, 6) is 4.53. The number of anilines is 1. The highest BCUT2D eigenvalue weighted by Crippen LogP contribution is 2.66. The van der Waals surface area contributed by atoms with Crippen LogP contribution in [0, 0.1) is 11.8 Å². The molecule has 7 atom stereocenters. The molecule has 3 unspecified atom stereocenters. The minimum atomic E-state index is -5.77. The lowest BCUT2D eigenvalue weighted by molar-refractivity contribution is -0.0751. The van der Waals surface area contributed by atoms with Gasteiger partial charge in [0.15, 0.2) is 11.1 Å². The maximum absolute atomic E-state index is 12.2. The van der Waals surface area contributed by atoms with Crippen molar-refractivity contribution >= 4 is 41.0 Å². The quantitative estimate of drug-likeness (QED) is 0.130. The number of aliphatic hydroxyl groups excluding tert-OH is 1. The fourth-order valence-electron chi connectivity index (χ4n) is 2.76. The third-order valence-corrected chi connectivity index (χ3v) is 8.31. The zero-order valence-electron chi connectivity index (χ0n) is 16.5. The minimum Gasteiger partial charge on any atom is -0.387 e. The molecule has 0 bridgehead atoms. The Labute approximate surface area is 189 Å². The van der Waals surface area contributed by atoms with Gasteiger partial charge in [0, 0.05) is 0 Å². The Morgan fingerprint density at radius 2 is 1.88 bits per heavy atom. The van der Waals surface area contributed by atoms with Gasteiger partial charge in [0.05, 0.1) is 6.10 Å². The van der Waals surface area contributed by atoms with E-state index in [-0.39, 0.29) is 5.95 Å². The van der Waals surface area contributed by atoms with Crippen LogP contribution in [0.15, 0.2) is 11.1 Å². The monoisotopic (exact) mass is 554 g/mol. The number of phosphoric ester groups is 1. The topological polar surface area (TPSA) is 263 Å². The van der Waals surface area contributed by atoms with E-state index in [0.717, 1.165) is 17.8 Å². The van der Waals surface area contributed by atoms with Crippen LogP contribution >= 0.6 is 35.1 Å². The Kier molecular flexibility index (Phi) is 8.33. The third-order valence-electron chi connectivity index (χ3n) is 3.88. The standard InChI is InChI=1S/C12H18ClN4O13P3/c1-3-4-12(13)8(18)7(27-9(12)17-5-15-10(14)16-11(17)19)6(2)28-32(23,24)30-33(25,26)29-31(20,21)22/h5-9,18H,1-2H3,(H,23,24)(H,25,26)(H2,14,16,19)(H2,20,21,22)/t6-,7-,8+,9-,12?/m1/s1.